The third-order valence-corrected chi connectivity index (χ3v) is 7.41. The summed E-state index contributed by atoms with van der Waals surface area (Å²) in [5.74, 6) is 3.42. The Morgan fingerprint density at radius 2 is 2.00 bits per heavy atom. The Kier molecular flexibility index (Phi) is 2.68. The van der Waals surface area contributed by atoms with Crippen LogP contribution in [0.2, 0.25) is 0 Å². The first-order valence-corrected chi connectivity index (χ1v) is 8.51. The lowest BCUT2D eigenvalue weighted by atomic mass is 9.47. The molecule has 0 spiro atoms. The van der Waals surface area contributed by atoms with E-state index in [4.69, 9.17) is 5.73 Å². The molecule has 2 saturated carbocycles. The maximum Gasteiger partial charge on any atom is 0.0944 e. The van der Waals surface area contributed by atoms with Gasteiger partial charge < -0.3 is 10.8 Å². The first-order valence-electron chi connectivity index (χ1n) is 8.51. The highest BCUT2D eigenvalue weighted by molar-refractivity contribution is 5.30. The molecule has 0 aromatic carbocycles. The number of hydrogen-bond acceptors (Lipinski definition) is 2. The number of fused-ring (bicyclic) bond motifs is 5. The molecule has 4 rings (SSSR count). The van der Waals surface area contributed by atoms with E-state index in [0.29, 0.717) is 17.6 Å². The lowest BCUT2D eigenvalue weighted by molar-refractivity contribution is -0.0569. The molecule has 0 aliphatic heterocycles. The van der Waals surface area contributed by atoms with Crippen LogP contribution in [0.25, 0.3) is 0 Å². The average molecular weight is 285 g/mol. The Labute approximate surface area is 127 Å². The van der Waals surface area contributed by atoms with Gasteiger partial charge in [0.1, 0.15) is 0 Å². The zero-order valence-corrected chi connectivity index (χ0v) is 13.2. The number of hydrogen-bond donors (Lipinski definition) is 2. The molecule has 0 radical (unpaired) electrons. The lowest BCUT2D eigenvalue weighted by Crippen LogP contribution is -2.51. The van der Waals surface area contributed by atoms with Gasteiger partial charge in [-0.3, -0.25) is 0 Å². The van der Waals surface area contributed by atoms with Crippen LogP contribution in [0.4, 0.5) is 0 Å². The topological polar surface area (TPSA) is 46.2 Å². The van der Waals surface area contributed by atoms with Gasteiger partial charge in [0.05, 0.1) is 5.76 Å². The van der Waals surface area contributed by atoms with Crippen LogP contribution < -0.4 is 5.73 Å². The van der Waals surface area contributed by atoms with Gasteiger partial charge in [-0.05, 0) is 73.3 Å². The molecule has 2 fully saturated rings. The number of aliphatic hydroxyl groups is 1. The van der Waals surface area contributed by atoms with Crippen molar-refractivity contribution in [2.75, 3.05) is 0 Å². The van der Waals surface area contributed by atoms with Crippen molar-refractivity contribution in [2.45, 2.75) is 46.0 Å². The van der Waals surface area contributed by atoms with Gasteiger partial charge in [0, 0.05) is 11.1 Å². The second kappa shape index (κ2) is 4.18. The fourth-order valence-electron chi connectivity index (χ4n) is 6.04. The Balaban J connectivity index is 1.68. The number of aliphatic hydroxyl groups excluding tert-OH is 1. The molecule has 0 aromatic rings. The average Bonchev–Trinajstić information content (AvgIpc) is 2.76. The maximum absolute atomic E-state index is 10.3. The Bertz CT molecular complexity index is 560. The number of allylic oxidation sites excluding steroid dienone is 5. The van der Waals surface area contributed by atoms with Crippen LogP contribution in [0.15, 0.2) is 35.8 Å². The van der Waals surface area contributed by atoms with Gasteiger partial charge in [0.15, 0.2) is 0 Å². The molecule has 0 heterocycles. The van der Waals surface area contributed by atoms with Crippen LogP contribution >= 0.6 is 0 Å². The second-order valence-electron chi connectivity index (χ2n) is 8.21. The molecule has 6 atom stereocenters. The van der Waals surface area contributed by atoms with Crippen molar-refractivity contribution < 1.29 is 5.11 Å². The van der Waals surface area contributed by atoms with Crippen molar-refractivity contribution in [2.24, 2.45) is 40.2 Å². The highest BCUT2D eigenvalue weighted by atomic mass is 16.3. The van der Waals surface area contributed by atoms with E-state index in [9.17, 15) is 5.11 Å². The van der Waals surface area contributed by atoms with E-state index in [1.807, 2.05) is 0 Å². The van der Waals surface area contributed by atoms with E-state index in [-0.39, 0.29) is 10.8 Å². The molecule has 4 aliphatic rings. The van der Waals surface area contributed by atoms with Crippen molar-refractivity contribution in [3.8, 4) is 0 Å². The van der Waals surface area contributed by atoms with E-state index in [0.717, 1.165) is 30.4 Å². The second-order valence-corrected chi connectivity index (χ2v) is 8.21. The third-order valence-electron chi connectivity index (χ3n) is 7.41. The maximum atomic E-state index is 10.3. The molecule has 1 unspecified atom stereocenters. The molecule has 4 aliphatic carbocycles. The molecule has 3 N–H and O–H groups in total. The minimum Gasteiger partial charge on any atom is -0.512 e. The minimum atomic E-state index is 0.0532. The van der Waals surface area contributed by atoms with Gasteiger partial charge >= 0.3 is 0 Å². The van der Waals surface area contributed by atoms with Crippen LogP contribution in [0.5, 0.6) is 0 Å². The summed E-state index contributed by atoms with van der Waals surface area (Å²) < 4.78 is 0. The van der Waals surface area contributed by atoms with E-state index in [2.05, 4.69) is 38.2 Å². The van der Waals surface area contributed by atoms with Crippen LogP contribution in [0, 0.1) is 34.5 Å². The molecule has 0 bridgehead atoms. The van der Waals surface area contributed by atoms with Crippen LogP contribution in [0.3, 0.4) is 0 Å². The smallest absolute Gasteiger partial charge is 0.0944 e. The summed E-state index contributed by atoms with van der Waals surface area (Å²) in [4.78, 5) is 0. The molecule has 0 aromatic heterocycles. The van der Waals surface area contributed by atoms with Gasteiger partial charge in [-0.1, -0.05) is 26.0 Å². The Morgan fingerprint density at radius 1 is 1.19 bits per heavy atom. The first kappa shape index (κ1) is 13.5. The predicted molar refractivity (Wildman–Crippen MR) is 85.4 cm³/mol. The summed E-state index contributed by atoms with van der Waals surface area (Å²) in [6.45, 7) is 4.73. The molecule has 2 nitrogen and oxygen atoms in total. The van der Waals surface area contributed by atoms with Gasteiger partial charge in [0.2, 0.25) is 0 Å². The molecular weight excluding hydrogens is 258 g/mol. The molecule has 114 valence electrons. The monoisotopic (exact) mass is 285 g/mol. The predicted octanol–water partition coefficient (Wildman–Crippen LogP) is 4.31. The van der Waals surface area contributed by atoms with Crippen molar-refractivity contribution in [3.63, 3.8) is 0 Å². The van der Waals surface area contributed by atoms with Crippen molar-refractivity contribution >= 4 is 0 Å². The lowest BCUT2D eigenvalue weighted by Gasteiger charge is -2.57. The van der Waals surface area contributed by atoms with E-state index < -0.39 is 0 Å². The molecule has 0 amide bonds. The van der Waals surface area contributed by atoms with Crippen LogP contribution in [-0.2, 0) is 0 Å². The Morgan fingerprint density at radius 3 is 2.81 bits per heavy atom. The molecule has 2 heteroatoms. The SMILES string of the molecule is C[C@]12C=CC(N)=CC1CC[C@@H]1[C@H]2CC[C@]2(C)C(O)=CC[C@@H]12. The van der Waals surface area contributed by atoms with Crippen LogP contribution in [0.1, 0.15) is 46.0 Å². The summed E-state index contributed by atoms with van der Waals surface area (Å²) >= 11 is 0. The fourth-order valence-corrected chi connectivity index (χ4v) is 6.04. The van der Waals surface area contributed by atoms with Gasteiger partial charge in [0.25, 0.3) is 0 Å². The Hall–Kier alpha value is -1.18. The zero-order valence-electron chi connectivity index (χ0n) is 13.2. The number of rotatable bonds is 0. The van der Waals surface area contributed by atoms with E-state index in [1.54, 1.807) is 0 Å². The van der Waals surface area contributed by atoms with Crippen molar-refractivity contribution in [3.05, 3.63) is 35.8 Å². The number of nitrogens with two attached hydrogens (primary N) is 1. The van der Waals surface area contributed by atoms with Crippen molar-refractivity contribution in [1.29, 1.82) is 0 Å². The van der Waals surface area contributed by atoms with Crippen molar-refractivity contribution in [1.82, 2.24) is 0 Å². The normalized spacial score (nSPS) is 51.5. The molecule has 21 heavy (non-hydrogen) atoms. The van der Waals surface area contributed by atoms with Gasteiger partial charge in [-0.25, -0.2) is 0 Å². The molecule has 0 saturated heterocycles. The molecular formula is C19H27NO. The highest BCUT2D eigenvalue weighted by Crippen LogP contribution is 2.64. The quantitative estimate of drug-likeness (QED) is 0.696. The van der Waals surface area contributed by atoms with E-state index in [1.165, 1.54) is 19.3 Å². The first-order chi connectivity index (χ1) is 9.95. The van der Waals surface area contributed by atoms with Gasteiger partial charge in [-0.15, -0.1) is 0 Å². The summed E-state index contributed by atoms with van der Waals surface area (Å²) in [5.41, 5.74) is 7.29. The third kappa shape index (κ3) is 1.65. The zero-order chi connectivity index (χ0) is 14.8. The van der Waals surface area contributed by atoms with Crippen LogP contribution in [-0.4, -0.2) is 5.11 Å². The van der Waals surface area contributed by atoms with Gasteiger partial charge in [-0.2, -0.15) is 0 Å². The minimum absolute atomic E-state index is 0.0532. The summed E-state index contributed by atoms with van der Waals surface area (Å²) in [7, 11) is 0. The largest absolute Gasteiger partial charge is 0.512 e. The summed E-state index contributed by atoms with van der Waals surface area (Å²) in [6, 6.07) is 0. The standard InChI is InChI=1S/C19H27NO/c1-18-9-7-13(20)11-12(18)3-4-14-15-5-6-17(21)19(15,2)10-8-16(14)18/h6-7,9,11-12,14-16,21H,3-5,8,10,20H2,1-2H3/t12?,14-,15-,16+,18-,19-/m0/s1. The van der Waals surface area contributed by atoms with E-state index >= 15 is 0 Å². The summed E-state index contributed by atoms with van der Waals surface area (Å²) in [6.07, 6.45) is 14.9. The highest BCUT2D eigenvalue weighted by Gasteiger charge is 2.57. The summed E-state index contributed by atoms with van der Waals surface area (Å²) in [5, 5.41) is 10.3. The fraction of sp³-hybridized carbons (Fsp3) is 0.684.